The van der Waals surface area contributed by atoms with Crippen LogP contribution in [0.1, 0.15) is 6.92 Å². The van der Waals surface area contributed by atoms with Crippen LogP contribution < -0.4 is 10.2 Å². The highest BCUT2D eigenvalue weighted by molar-refractivity contribution is 5.83. The van der Waals surface area contributed by atoms with E-state index in [0.717, 1.165) is 47.6 Å². The Bertz CT molecular complexity index is 1260. The van der Waals surface area contributed by atoms with Crippen molar-refractivity contribution in [1.29, 1.82) is 0 Å². The van der Waals surface area contributed by atoms with Crippen LogP contribution in [0.15, 0.2) is 49.1 Å². The van der Waals surface area contributed by atoms with E-state index in [1.54, 1.807) is 23.1 Å². The normalized spacial score (nSPS) is 17.5. The number of anilines is 1. The smallest absolute Gasteiger partial charge is 0.355 e. The molecule has 1 N–H and O–H groups in total. The minimum Gasteiger partial charge on any atom is -0.355 e. The summed E-state index contributed by atoms with van der Waals surface area (Å²) in [5, 5.41) is 12.5. The van der Waals surface area contributed by atoms with Gasteiger partial charge in [0.2, 0.25) is 0 Å². The largest absolute Gasteiger partial charge is 0.408 e. The molecule has 4 aromatic rings. The number of nitrogens with one attached hydrogen (secondary N) is 1. The molecule has 0 spiro atoms. The van der Waals surface area contributed by atoms with E-state index in [4.69, 9.17) is 4.98 Å². The summed E-state index contributed by atoms with van der Waals surface area (Å²) in [6.45, 7) is 4.74. The molecule has 8 nitrogen and oxygen atoms in total. The van der Waals surface area contributed by atoms with Crippen LogP contribution in [0.5, 0.6) is 0 Å². The zero-order chi connectivity index (χ0) is 23.0. The SMILES string of the molecule is C[C@@H]1CNCCN(c2cccc(-n3ncc4cnc(-c5cnn(CC(F)(F)F)c5)cc43)n2)C1. The predicted molar refractivity (Wildman–Crippen MR) is 118 cm³/mol. The summed E-state index contributed by atoms with van der Waals surface area (Å²) < 4.78 is 40.6. The van der Waals surface area contributed by atoms with Gasteiger partial charge in [0.1, 0.15) is 12.4 Å². The van der Waals surface area contributed by atoms with Crippen LogP contribution in [0, 0.1) is 5.92 Å². The molecular weight excluding hydrogens is 433 g/mol. The number of nitrogens with zero attached hydrogens (tertiary/aromatic N) is 7. The van der Waals surface area contributed by atoms with E-state index >= 15 is 0 Å². The third-order valence-corrected chi connectivity index (χ3v) is 5.57. The Balaban J connectivity index is 1.47. The van der Waals surface area contributed by atoms with E-state index in [0.29, 0.717) is 23.0 Å². The first-order chi connectivity index (χ1) is 15.9. The molecule has 1 fully saturated rings. The second kappa shape index (κ2) is 8.47. The standard InChI is InChI=1S/C22H23F3N8/c1-15-8-26-5-6-31(12-15)20-3-2-4-21(30-20)33-19-7-18(27-9-16(19)10-29-33)17-11-28-32(13-17)14-22(23,24)25/h2-4,7,9-11,13,15,26H,5-6,8,12,14H2,1H3/t15-/m1/s1. The second-order valence-corrected chi connectivity index (χ2v) is 8.34. The van der Waals surface area contributed by atoms with Gasteiger partial charge in [-0.1, -0.05) is 13.0 Å². The van der Waals surface area contributed by atoms with Crippen LogP contribution in [0.2, 0.25) is 0 Å². The van der Waals surface area contributed by atoms with E-state index in [1.165, 1.54) is 12.4 Å². The summed E-state index contributed by atoms with van der Waals surface area (Å²) >= 11 is 0. The predicted octanol–water partition coefficient (Wildman–Crippen LogP) is 3.29. The summed E-state index contributed by atoms with van der Waals surface area (Å²) in [4.78, 5) is 11.5. The van der Waals surface area contributed by atoms with Crippen LogP contribution in [-0.2, 0) is 6.54 Å². The molecule has 1 atom stereocenters. The summed E-state index contributed by atoms with van der Waals surface area (Å²) in [6.07, 6.45) is 1.74. The Morgan fingerprint density at radius 3 is 2.82 bits per heavy atom. The first-order valence-corrected chi connectivity index (χ1v) is 10.7. The minimum absolute atomic E-state index is 0.502. The third-order valence-electron chi connectivity index (χ3n) is 5.57. The first-order valence-electron chi connectivity index (χ1n) is 10.7. The highest BCUT2D eigenvalue weighted by atomic mass is 19.4. The highest BCUT2D eigenvalue weighted by Gasteiger charge is 2.28. The number of halogens is 3. The fourth-order valence-electron chi connectivity index (χ4n) is 4.04. The lowest BCUT2D eigenvalue weighted by atomic mass is 10.2. The minimum atomic E-state index is -4.34. The fraction of sp³-hybridized carbons (Fsp3) is 0.364. The topological polar surface area (TPSA) is 76.7 Å². The molecule has 1 saturated heterocycles. The van der Waals surface area contributed by atoms with Crippen LogP contribution in [-0.4, -0.2) is 61.9 Å². The molecule has 1 aliphatic rings. The zero-order valence-electron chi connectivity index (χ0n) is 18.0. The van der Waals surface area contributed by atoms with Crippen molar-refractivity contribution in [2.24, 2.45) is 5.92 Å². The lowest BCUT2D eigenvalue weighted by molar-refractivity contribution is -0.142. The van der Waals surface area contributed by atoms with Gasteiger partial charge in [0.25, 0.3) is 0 Å². The lowest BCUT2D eigenvalue weighted by Crippen LogP contribution is -2.30. The average Bonchev–Trinajstić information content (AvgIpc) is 3.35. The first kappa shape index (κ1) is 21.4. The quantitative estimate of drug-likeness (QED) is 0.508. The Kier molecular flexibility index (Phi) is 5.49. The molecule has 0 aromatic carbocycles. The molecule has 0 radical (unpaired) electrons. The van der Waals surface area contributed by atoms with Gasteiger partial charge in [0.05, 0.1) is 23.6 Å². The van der Waals surface area contributed by atoms with Crippen LogP contribution in [0.3, 0.4) is 0 Å². The van der Waals surface area contributed by atoms with E-state index in [9.17, 15) is 13.2 Å². The van der Waals surface area contributed by atoms with Gasteiger partial charge in [-0.25, -0.2) is 9.67 Å². The van der Waals surface area contributed by atoms with Crippen molar-refractivity contribution in [2.45, 2.75) is 19.6 Å². The molecule has 0 unspecified atom stereocenters. The molecule has 33 heavy (non-hydrogen) atoms. The van der Waals surface area contributed by atoms with Gasteiger partial charge in [-0.05, 0) is 30.7 Å². The average molecular weight is 456 g/mol. The number of hydrogen-bond donors (Lipinski definition) is 1. The molecule has 5 rings (SSSR count). The van der Waals surface area contributed by atoms with Crippen molar-refractivity contribution in [3.8, 4) is 17.1 Å². The second-order valence-electron chi connectivity index (χ2n) is 8.34. The Morgan fingerprint density at radius 1 is 1.12 bits per heavy atom. The van der Waals surface area contributed by atoms with Gasteiger partial charge in [-0.2, -0.15) is 23.4 Å². The fourth-order valence-corrected chi connectivity index (χ4v) is 4.04. The van der Waals surface area contributed by atoms with Crippen molar-refractivity contribution in [3.63, 3.8) is 0 Å². The number of fused-ring (bicyclic) bond motifs is 1. The molecule has 0 amide bonds. The van der Waals surface area contributed by atoms with Gasteiger partial charge in [-0.15, -0.1) is 0 Å². The van der Waals surface area contributed by atoms with Crippen molar-refractivity contribution in [3.05, 3.63) is 49.1 Å². The Morgan fingerprint density at radius 2 is 1.97 bits per heavy atom. The molecule has 11 heteroatoms. The lowest BCUT2D eigenvalue weighted by Gasteiger charge is -2.23. The van der Waals surface area contributed by atoms with E-state index in [-0.39, 0.29) is 0 Å². The molecule has 1 aliphatic heterocycles. The van der Waals surface area contributed by atoms with E-state index < -0.39 is 12.7 Å². The number of aromatic nitrogens is 6. The van der Waals surface area contributed by atoms with Crippen molar-refractivity contribution >= 4 is 16.7 Å². The maximum absolute atomic E-state index is 12.7. The molecule has 0 aliphatic carbocycles. The molecule has 5 heterocycles. The van der Waals surface area contributed by atoms with Crippen molar-refractivity contribution in [2.75, 3.05) is 31.1 Å². The van der Waals surface area contributed by atoms with Gasteiger partial charge >= 0.3 is 6.18 Å². The zero-order valence-corrected chi connectivity index (χ0v) is 18.0. The molecule has 0 bridgehead atoms. The Labute approximate surface area is 188 Å². The summed E-state index contributed by atoms with van der Waals surface area (Å²) in [5.74, 6) is 2.06. The summed E-state index contributed by atoms with van der Waals surface area (Å²) in [6, 6.07) is 7.63. The van der Waals surface area contributed by atoms with E-state index in [2.05, 4.69) is 32.3 Å². The van der Waals surface area contributed by atoms with Crippen molar-refractivity contribution < 1.29 is 13.2 Å². The third kappa shape index (κ3) is 4.68. The summed E-state index contributed by atoms with van der Waals surface area (Å²) in [7, 11) is 0. The van der Waals surface area contributed by atoms with Crippen LogP contribution >= 0.6 is 0 Å². The van der Waals surface area contributed by atoms with E-state index in [1.807, 2.05) is 18.2 Å². The van der Waals surface area contributed by atoms with Gasteiger partial charge < -0.3 is 10.2 Å². The number of alkyl halides is 3. The molecule has 4 aromatic heterocycles. The molecule has 0 saturated carbocycles. The van der Waals surface area contributed by atoms with Crippen LogP contribution in [0.25, 0.3) is 28.0 Å². The van der Waals surface area contributed by atoms with Crippen LogP contribution in [0.4, 0.5) is 19.0 Å². The number of pyridine rings is 2. The van der Waals surface area contributed by atoms with Gasteiger partial charge in [0, 0.05) is 43.0 Å². The summed E-state index contributed by atoms with van der Waals surface area (Å²) in [5.41, 5.74) is 1.78. The van der Waals surface area contributed by atoms with Gasteiger partial charge in [-0.3, -0.25) is 9.67 Å². The van der Waals surface area contributed by atoms with Crippen molar-refractivity contribution in [1.82, 2.24) is 34.8 Å². The number of hydrogen-bond acceptors (Lipinski definition) is 6. The highest BCUT2D eigenvalue weighted by Crippen LogP contribution is 2.25. The number of rotatable bonds is 4. The Hall–Kier alpha value is -3.47. The van der Waals surface area contributed by atoms with Gasteiger partial charge in [0.15, 0.2) is 5.82 Å². The monoisotopic (exact) mass is 456 g/mol. The maximum atomic E-state index is 12.7. The maximum Gasteiger partial charge on any atom is 0.408 e. The molecular formula is C22H23F3N8. The molecule has 172 valence electrons.